The summed E-state index contributed by atoms with van der Waals surface area (Å²) in [4.78, 5) is 20.9. The number of hydrogen-bond acceptors (Lipinski definition) is 4. The number of benzene rings is 1. The van der Waals surface area contributed by atoms with Crippen LogP contribution in [0.1, 0.15) is 13.8 Å². The summed E-state index contributed by atoms with van der Waals surface area (Å²) in [5, 5.41) is 2.84. The van der Waals surface area contributed by atoms with E-state index >= 15 is 0 Å². The molecule has 0 aliphatic rings. The largest absolute Gasteiger partial charge is 0.329 e. The van der Waals surface area contributed by atoms with E-state index in [1.54, 1.807) is 12.5 Å². The summed E-state index contributed by atoms with van der Waals surface area (Å²) in [5.41, 5.74) is 7.55. The lowest BCUT2D eigenvalue weighted by atomic mass is 9.92. The van der Waals surface area contributed by atoms with Gasteiger partial charge >= 0.3 is 0 Å². The van der Waals surface area contributed by atoms with Gasteiger partial charge in [0.2, 0.25) is 5.91 Å². The minimum atomic E-state index is -0.612. The minimum absolute atomic E-state index is 0.123. The lowest BCUT2D eigenvalue weighted by molar-refractivity contribution is -0.123. The quantitative estimate of drug-likeness (QED) is 0.774. The van der Waals surface area contributed by atoms with Crippen LogP contribution in [0.15, 0.2) is 48.9 Å². The smallest absolute Gasteiger partial charge is 0.231 e. The van der Waals surface area contributed by atoms with Crippen molar-refractivity contribution in [3.05, 3.63) is 48.9 Å². The number of nitrogens with zero attached hydrogens (tertiary/aromatic N) is 3. The number of carbonyl (C=O) groups excluding carboxylic acids is 1. The van der Waals surface area contributed by atoms with Gasteiger partial charge in [-0.25, -0.2) is 9.97 Å². The Balaban J connectivity index is 1.84. The molecule has 0 fully saturated rings. The van der Waals surface area contributed by atoms with Crippen molar-refractivity contribution in [2.24, 2.45) is 11.1 Å². The van der Waals surface area contributed by atoms with E-state index in [-0.39, 0.29) is 12.5 Å². The molecule has 0 aliphatic carbocycles. The third-order valence-electron chi connectivity index (χ3n) is 3.83. The van der Waals surface area contributed by atoms with Crippen molar-refractivity contribution in [3.8, 4) is 5.82 Å². The summed E-state index contributed by atoms with van der Waals surface area (Å²) >= 11 is 0. The van der Waals surface area contributed by atoms with Gasteiger partial charge in [-0.15, -0.1) is 0 Å². The molecule has 23 heavy (non-hydrogen) atoms. The number of nitrogens with two attached hydrogens (primary N) is 1. The number of nitrogens with one attached hydrogen (secondary N) is 1. The van der Waals surface area contributed by atoms with Crippen LogP contribution < -0.4 is 11.1 Å². The maximum absolute atomic E-state index is 12.1. The van der Waals surface area contributed by atoms with Gasteiger partial charge in [-0.05, 0) is 38.1 Å². The third-order valence-corrected chi connectivity index (χ3v) is 3.83. The molecular weight excluding hydrogens is 290 g/mol. The average molecular weight is 309 g/mol. The average Bonchev–Trinajstić information content (AvgIpc) is 2.99. The van der Waals surface area contributed by atoms with Crippen molar-refractivity contribution in [2.45, 2.75) is 13.8 Å². The maximum Gasteiger partial charge on any atom is 0.231 e. The molecule has 3 aromatic rings. The number of imidazole rings is 1. The van der Waals surface area contributed by atoms with Gasteiger partial charge in [0, 0.05) is 6.54 Å². The summed E-state index contributed by atoms with van der Waals surface area (Å²) in [6, 6.07) is 11.5. The zero-order chi connectivity index (χ0) is 16.4. The molecule has 118 valence electrons. The highest BCUT2D eigenvalue weighted by atomic mass is 16.2. The highest BCUT2D eigenvalue weighted by Gasteiger charge is 2.25. The number of fused-ring (bicyclic) bond motifs is 1. The Morgan fingerprint density at radius 2 is 2.00 bits per heavy atom. The topological polar surface area (TPSA) is 85.8 Å². The molecule has 0 aliphatic heterocycles. The van der Waals surface area contributed by atoms with Crippen LogP contribution in [-0.4, -0.2) is 27.0 Å². The predicted octanol–water partition coefficient (Wildman–Crippen LogP) is 2.34. The Morgan fingerprint density at radius 3 is 2.70 bits per heavy atom. The molecule has 0 saturated carbocycles. The van der Waals surface area contributed by atoms with E-state index in [0.29, 0.717) is 5.69 Å². The van der Waals surface area contributed by atoms with Crippen LogP contribution in [0.5, 0.6) is 0 Å². The van der Waals surface area contributed by atoms with Gasteiger partial charge < -0.3 is 11.1 Å². The molecule has 0 radical (unpaired) electrons. The van der Waals surface area contributed by atoms with E-state index in [2.05, 4.69) is 15.3 Å². The van der Waals surface area contributed by atoms with Crippen LogP contribution in [0, 0.1) is 5.41 Å². The summed E-state index contributed by atoms with van der Waals surface area (Å²) in [6.07, 6.45) is 3.37. The molecule has 1 aromatic carbocycles. The Kier molecular flexibility index (Phi) is 3.83. The van der Waals surface area contributed by atoms with E-state index < -0.39 is 5.41 Å². The highest BCUT2D eigenvalue weighted by molar-refractivity contribution is 5.94. The number of hydrogen-bond donors (Lipinski definition) is 2. The van der Waals surface area contributed by atoms with Crippen LogP contribution in [-0.2, 0) is 4.79 Å². The highest BCUT2D eigenvalue weighted by Crippen LogP contribution is 2.19. The number of rotatable bonds is 4. The van der Waals surface area contributed by atoms with E-state index in [0.717, 1.165) is 16.9 Å². The van der Waals surface area contributed by atoms with Crippen molar-refractivity contribution >= 4 is 22.6 Å². The van der Waals surface area contributed by atoms with Crippen LogP contribution >= 0.6 is 0 Å². The Morgan fingerprint density at radius 1 is 1.22 bits per heavy atom. The fraction of sp³-hybridized carbons (Fsp3) is 0.235. The van der Waals surface area contributed by atoms with E-state index in [1.807, 2.05) is 54.8 Å². The number of amides is 1. The molecule has 0 atom stereocenters. The molecule has 0 saturated heterocycles. The number of aromatic nitrogens is 3. The lowest BCUT2D eigenvalue weighted by Crippen LogP contribution is -2.37. The van der Waals surface area contributed by atoms with Gasteiger partial charge in [-0.3, -0.25) is 9.36 Å². The number of carbonyl (C=O) groups is 1. The summed E-state index contributed by atoms with van der Waals surface area (Å²) in [5.74, 6) is 0.623. The molecule has 6 nitrogen and oxygen atoms in total. The first kappa shape index (κ1) is 15.2. The van der Waals surface area contributed by atoms with Crippen LogP contribution in [0.2, 0.25) is 0 Å². The second-order valence-electron chi connectivity index (χ2n) is 6.05. The van der Waals surface area contributed by atoms with E-state index in [1.165, 1.54) is 0 Å². The van der Waals surface area contributed by atoms with Crippen molar-refractivity contribution < 1.29 is 4.79 Å². The second-order valence-corrected chi connectivity index (χ2v) is 6.05. The molecule has 2 aromatic heterocycles. The van der Waals surface area contributed by atoms with Gasteiger partial charge in [0.15, 0.2) is 0 Å². The molecule has 2 heterocycles. The third kappa shape index (κ3) is 2.93. The zero-order valence-corrected chi connectivity index (χ0v) is 13.2. The molecule has 3 rings (SSSR count). The molecule has 0 spiro atoms. The normalized spacial score (nSPS) is 11.6. The number of pyridine rings is 1. The van der Waals surface area contributed by atoms with Gasteiger partial charge in [0.1, 0.15) is 12.1 Å². The fourth-order valence-electron chi connectivity index (χ4n) is 2.14. The van der Waals surface area contributed by atoms with Gasteiger partial charge in [-0.2, -0.15) is 0 Å². The SMILES string of the molecule is CC(C)(CN)C(=O)Nc1ccc(-n2cnc3ccccc32)nc1. The Bertz CT molecular complexity index is 836. The Labute approximate surface area is 134 Å². The molecule has 0 unspecified atom stereocenters. The number of para-hydroxylation sites is 2. The van der Waals surface area contributed by atoms with Crippen LogP contribution in [0.3, 0.4) is 0 Å². The molecular formula is C17H19N5O. The lowest BCUT2D eigenvalue weighted by Gasteiger charge is -2.21. The van der Waals surface area contributed by atoms with Crippen molar-refractivity contribution in [1.29, 1.82) is 0 Å². The van der Waals surface area contributed by atoms with Crippen molar-refractivity contribution in [2.75, 3.05) is 11.9 Å². The van der Waals surface area contributed by atoms with Crippen molar-refractivity contribution in [3.63, 3.8) is 0 Å². The standard InChI is InChI=1S/C17H19N5O/c1-17(2,10-18)16(23)21-12-7-8-15(19-9-12)22-11-20-13-5-3-4-6-14(13)22/h3-9,11H,10,18H2,1-2H3,(H,21,23). The molecule has 0 bridgehead atoms. The first-order valence-electron chi connectivity index (χ1n) is 7.41. The Hall–Kier alpha value is -2.73. The molecule has 1 amide bonds. The predicted molar refractivity (Wildman–Crippen MR) is 90.3 cm³/mol. The zero-order valence-electron chi connectivity index (χ0n) is 13.2. The first-order valence-corrected chi connectivity index (χ1v) is 7.41. The molecule has 3 N–H and O–H groups in total. The van der Waals surface area contributed by atoms with Gasteiger partial charge in [-0.1, -0.05) is 12.1 Å². The fourth-order valence-corrected chi connectivity index (χ4v) is 2.14. The van der Waals surface area contributed by atoms with Crippen LogP contribution in [0.4, 0.5) is 5.69 Å². The number of anilines is 1. The van der Waals surface area contributed by atoms with Crippen molar-refractivity contribution in [1.82, 2.24) is 14.5 Å². The van der Waals surface area contributed by atoms with Gasteiger partial charge in [0.25, 0.3) is 0 Å². The van der Waals surface area contributed by atoms with E-state index in [9.17, 15) is 4.79 Å². The second kappa shape index (κ2) is 5.81. The maximum atomic E-state index is 12.1. The first-order chi connectivity index (χ1) is 11.0. The summed E-state index contributed by atoms with van der Waals surface area (Å²) in [6.45, 7) is 3.90. The molecule has 6 heteroatoms. The van der Waals surface area contributed by atoms with Crippen LogP contribution in [0.25, 0.3) is 16.9 Å². The minimum Gasteiger partial charge on any atom is -0.329 e. The van der Waals surface area contributed by atoms with Gasteiger partial charge in [0.05, 0.1) is 28.3 Å². The van der Waals surface area contributed by atoms with E-state index in [4.69, 9.17) is 5.73 Å². The summed E-state index contributed by atoms with van der Waals surface area (Å²) < 4.78 is 1.91. The monoisotopic (exact) mass is 309 g/mol. The summed E-state index contributed by atoms with van der Waals surface area (Å²) in [7, 11) is 0.